The van der Waals surface area contributed by atoms with E-state index in [4.69, 9.17) is 18.0 Å². The Morgan fingerprint density at radius 3 is 3.07 bits per heavy atom. The molecule has 1 heterocycles. The van der Waals surface area contributed by atoms with Crippen LogP contribution in [0.2, 0.25) is 5.02 Å². The molecule has 1 N–H and O–H groups in total. The van der Waals surface area contributed by atoms with Crippen molar-refractivity contribution < 1.29 is 0 Å². The Bertz CT molecular complexity index is 319. The van der Waals surface area contributed by atoms with Gasteiger partial charge >= 0.3 is 0 Å². The third kappa shape index (κ3) is 3.63. The molecule has 0 aliphatic carbocycles. The fraction of sp³-hybridized carbons (Fsp3) is 0.400. The van der Waals surface area contributed by atoms with Crippen molar-refractivity contribution in [3.63, 3.8) is 0 Å². The molecule has 0 saturated heterocycles. The van der Waals surface area contributed by atoms with Gasteiger partial charge in [-0.15, -0.1) is 12.3 Å². The molecule has 0 radical (unpaired) electrons. The average Bonchev–Trinajstić information content (AvgIpc) is 2.20. The van der Waals surface area contributed by atoms with Crippen LogP contribution in [0.25, 0.3) is 0 Å². The van der Waals surface area contributed by atoms with Crippen LogP contribution < -0.4 is 5.32 Å². The molecule has 0 fully saturated rings. The summed E-state index contributed by atoms with van der Waals surface area (Å²) in [6.45, 7) is 0.832. The zero-order valence-electron chi connectivity index (χ0n) is 7.83. The number of anilines is 1. The highest BCUT2D eigenvalue weighted by Crippen LogP contribution is 2.15. The summed E-state index contributed by atoms with van der Waals surface area (Å²) in [5.74, 6) is 3.28. The molecule has 0 bridgehead atoms. The highest BCUT2D eigenvalue weighted by atomic mass is 35.5. The van der Waals surface area contributed by atoms with Crippen molar-refractivity contribution in [3.05, 3.63) is 17.5 Å². The summed E-state index contributed by atoms with van der Waals surface area (Å²) in [5.41, 5.74) is 0. The maximum atomic E-state index is 5.84. The fourth-order valence-corrected chi connectivity index (χ4v) is 1.17. The van der Waals surface area contributed by atoms with Crippen LogP contribution in [-0.4, -0.2) is 16.5 Å². The number of aromatic nitrogens is 2. The van der Waals surface area contributed by atoms with Crippen molar-refractivity contribution in [1.29, 1.82) is 0 Å². The largest absolute Gasteiger partial charge is 0.369 e. The van der Waals surface area contributed by atoms with Gasteiger partial charge in [0.05, 0.1) is 6.20 Å². The predicted octanol–water partition coefficient (Wildman–Crippen LogP) is 2.35. The number of unbranched alkanes of at least 4 members (excludes halogenated alkanes) is 2. The summed E-state index contributed by atoms with van der Waals surface area (Å²) >= 11 is 5.84. The van der Waals surface area contributed by atoms with Gasteiger partial charge in [0.25, 0.3) is 0 Å². The normalized spacial score (nSPS) is 9.43. The maximum absolute atomic E-state index is 5.84. The van der Waals surface area contributed by atoms with Gasteiger partial charge in [0.2, 0.25) is 0 Å². The van der Waals surface area contributed by atoms with Gasteiger partial charge in [0.1, 0.15) is 17.2 Å². The highest BCUT2D eigenvalue weighted by Gasteiger charge is 1.98. The van der Waals surface area contributed by atoms with Gasteiger partial charge < -0.3 is 5.32 Å². The molecule has 0 spiro atoms. The summed E-state index contributed by atoms with van der Waals surface area (Å²) in [6, 6.07) is 0. The first kappa shape index (κ1) is 10.8. The number of nitrogens with one attached hydrogen (secondary N) is 1. The van der Waals surface area contributed by atoms with Crippen molar-refractivity contribution >= 4 is 17.4 Å². The van der Waals surface area contributed by atoms with Crippen LogP contribution in [-0.2, 0) is 0 Å². The SMILES string of the molecule is C#CCCCCNc1ncncc1Cl. The lowest BCUT2D eigenvalue weighted by atomic mass is 10.2. The van der Waals surface area contributed by atoms with E-state index < -0.39 is 0 Å². The summed E-state index contributed by atoms with van der Waals surface area (Å²) in [5, 5.41) is 3.67. The van der Waals surface area contributed by atoms with E-state index in [1.54, 1.807) is 6.20 Å². The van der Waals surface area contributed by atoms with E-state index in [0.717, 1.165) is 25.8 Å². The lowest BCUT2D eigenvalue weighted by Crippen LogP contribution is -2.03. The third-order valence-electron chi connectivity index (χ3n) is 1.71. The topological polar surface area (TPSA) is 37.8 Å². The van der Waals surface area contributed by atoms with Crippen LogP contribution in [0.15, 0.2) is 12.5 Å². The second-order valence-electron chi connectivity index (χ2n) is 2.81. The van der Waals surface area contributed by atoms with E-state index in [-0.39, 0.29) is 0 Å². The van der Waals surface area contributed by atoms with Crippen molar-refractivity contribution in [3.8, 4) is 12.3 Å². The van der Waals surface area contributed by atoms with Crippen LogP contribution in [0.5, 0.6) is 0 Å². The Kier molecular flexibility index (Phi) is 4.81. The lowest BCUT2D eigenvalue weighted by Gasteiger charge is -2.04. The average molecular weight is 210 g/mol. The zero-order chi connectivity index (χ0) is 10.2. The molecule has 1 aromatic rings. The van der Waals surface area contributed by atoms with Gasteiger partial charge in [-0.25, -0.2) is 9.97 Å². The minimum atomic E-state index is 0.546. The first-order valence-electron chi connectivity index (χ1n) is 4.47. The van der Waals surface area contributed by atoms with Crippen LogP contribution in [0.3, 0.4) is 0 Å². The van der Waals surface area contributed by atoms with Gasteiger partial charge in [-0.2, -0.15) is 0 Å². The zero-order valence-corrected chi connectivity index (χ0v) is 8.59. The molecular weight excluding hydrogens is 198 g/mol. The second-order valence-corrected chi connectivity index (χ2v) is 3.21. The number of hydrogen-bond donors (Lipinski definition) is 1. The minimum absolute atomic E-state index is 0.546. The molecule has 74 valence electrons. The summed E-state index contributed by atoms with van der Waals surface area (Å²) < 4.78 is 0. The monoisotopic (exact) mass is 209 g/mol. The number of hydrogen-bond acceptors (Lipinski definition) is 3. The molecule has 0 amide bonds. The van der Waals surface area contributed by atoms with Crippen LogP contribution in [0, 0.1) is 12.3 Å². The van der Waals surface area contributed by atoms with E-state index in [2.05, 4.69) is 21.2 Å². The standard InChI is InChI=1S/C10H12ClN3/c1-2-3-4-5-6-13-10-9(11)7-12-8-14-10/h1,7-8H,3-6H2,(H,12,13,14). The summed E-state index contributed by atoms with van der Waals surface area (Å²) in [7, 11) is 0. The van der Waals surface area contributed by atoms with Crippen molar-refractivity contribution in [2.24, 2.45) is 0 Å². The van der Waals surface area contributed by atoms with E-state index in [9.17, 15) is 0 Å². The van der Waals surface area contributed by atoms with Gasteiger partial charge in [0, 0.05) is 13.0 Å². The molecule has 0 aliphatic rings. The Labute approximate surface area is 88.9 Å². The van der Waals surface area contributed by atoms with Crippen molar-refractivity contribution in [2.45, 2.75) is 19.3 Å². The Hall–Kier alpha value is -1.27. The van der Waals surface area contributed by atoms with E-state index >= 15 is 0 Å². The highest BCUT2D eigenvalue weighted by molar-refractivity contribution is 6.32. The van der Waals surface area contributed by atoms with E-state index in [1.165, 1.54) is 6.33 Å². The predicted molar refractivity (Wildman–Crippen MR) is 58.2 cm³/mol. The molecular formula is C10H12ClN3. The van der Waals surface area contributed by atoms with Crippen LogP contribution in [0.1, 0.15) is 19.3 Å². The molecule has 0 unspecified atom stereocenters. The Morgan fingerprint density at radius 1 is 1.50 bits per heavy atom. The first-order valence-corrected chi connectivity index (χ1v) is 4.85. The molecule has 3 nitrogen and oxygen atoms in total. The van der Waals surface area contributed by atoms with Crippen LogP contribution >= 0.6 is 11.6 Å². The summed E-state index contributed by atoms with van der Waals surface area (Å²) in [4.78, 5) is 7.79. The molecule has 14 heavy (non-hydrogen) atoms. The van der Waals surface area contributed by atoms with Gasteiger partial charge in [-0.05, 0) is 12.8 Å². The Balaban J connectivity index is 2.25. The molecule has 1 rings (SSSR count). The van der Waals surface area contributed by atoms with E-state index in [1.807, 2.05) is 0 Å². The number of rotatable bonds is 5. The van der Waals surface area contributed by atoms with Crippen molar-refractivity contribution in [1.82, 2.24) is 9.97 Å². The smallest absolute Gasteiger partial charge is 0.148 e. The second kappa shape index (κ2) is 6.22. The van der Waals surface area contributed by atoms with Gasteiger partial charge in [-0.3, -0.25) is 0 Å². The van der Waals surface area contributed by atoms with Crippen LogP contribution in [0.4, 0.5) is 5.82 Å². The molecule has 0 aliphatic heterocycles. The molecule has 4 heteroatoms. The minimum Gasteiger partial charge on any atom is -0.369 e. The molecule has 1 aromatic heterocycles. The van der Waals surface area contributed by atoms with E-state index in [0.29, 0.717) is 10.8 Å². The third-order valence-corrected chi connectivity index (χ3v) is 1.98. The fourth-order valence-electron chi connectivity index (χ4n) is 1.00. The number of nitrogens with zero attached hydrogens (tertiary/aromatic N) is 2. The van der Waals surface area contributed by atoms with Gasteiger partial charge in [0.15, 0.2) is 0 Å². The lowest BCUT2D eigenvalue weighted by molar-refractivity contribution is 0.787. The number of halogens is 1. The summed E-state index contributed by atoms with van der Waals surface area (Å²) in [6.07, 6.45) is 11.0. The molecule has 0 aromatic carbocycles. The van der Waals surface area contributed by atoms with Gasteiger partial charge in [-0.1, -0.05) is 11.6 Å². The Morgan fingerprint density at radius 2 is 2.36 bits per heavy atom. The quantitative estimate of drug-likeness (QED) is 0.598. The van der Waals surface area contributed by atoms with Crippen molar-refractivity contribution in [2.75, 3.05) is 11.9 Å². The molecule has 0 atom stereocenters. The maximum Gasteiger partial charge on any atom is 0.148 e. The number of terminal acetylenes is 1. The molecule has 0 saturated carbocycles. The first-order chi connectivity index (χ1) is 6.84.